The number of carboxylic acids is 1. The molecule has 0 saturated carbocycles. The van der Waals surface area contributed by atoms with Crippen LogP contribution in [0.15, 0.2) is 18.2 Å². The molecule has 2 aromatic carbocycles. The van der Waals surface area contributed by atoms with Crippen molar-refractivity contribution in [3.63, 3.8) is 0 Å². The second-order valence-corrected chi connectivity index (χ2v) is 10.2. The summed E-state index contributed by atoms with van der Waals surface area (Å²) in [6.07, 6.45) is -0.710. The van der Waals surface area contributed by atoms with Gasteiger partial charge in [-0.2, -0.15) is 0 Å². The SMILES string of the molecule is CCN1CCN(C(=O)NC(C(=O)C[C@H]2Cc3cc(F)c(C)c(C(=O)O)c3OB2O)c2ccc(O)c(O)c2Cl)C(=O)C1=O. The number of nitrogens with zero attached hydrogens (tertiary/aromatic N) is 2. The predicted molar refractivity (Wildman–Crippen MR) is 144 cm³/mol. The van der Waals surface area contributed by atoms with Crippen molar-refractivity contribution < 1.29 is 53.4 Å². The minimum absolute atomic E-state index is 0.0627. The third kappa shape index (κ3) is 5.57. The van der Waals surface area contributed by atoms with Crippen molar-refractivity contribution in [2.75, 3.05) is 19.6 Å². The third-order valence-corrected chi connectivity index (χ3v) is 7.71. The number of ketones is 1. The zero-order valence-corrected chi connectivity index (χ0v) is 23.1. The van der Waals surface area contributed by atoms with Crippen molar-refractivity contribution in [1.82, 2.24) is 15.1 Å². The van der Waals surface area contributed by atoms with E-state index in [1.807, 2.05) is 0 Å². The lowest BCUT2D eigenvalue weighted by Gasteiger charge is -2.33. The molecule has 0 bridgehead atoms. The molecular weight excluding hydrogens is 580 g/mol. The van der Waals surface area contributed by atoms with E-state index in [9.17, 15) is 48.7 Å². The fourth-order valence-electron chi connectivity index (χ4n) is 4.97. The summed E-state index contributed by atoms with van der Waals surface area (Å²) < 4.78 is 19.9. The summed E-state index contributed by atoms with van der Waals surface area (Å²) in [6.45, 7) is 3.05. The van der Waals surface area contributed by atoms with Crippen molar-refractivity contribution in [3.05, 3.63) is 51.3 Å². The van der Waals surface area contributed by atoms with Crippen LogP contribution in [0.4, 0.5) is 9.18 Å². The van der Waals surface area contributed by atoms with Gasteiger partial charge in [-0.3, -0.25) is 19.3 Å². The number of phenolic OH excluding ortho intramolecular Hbond substituents is 2. The second kappa shape index (κ2) is 11.9. The highest BCUT2D eigenvalue weighted by Crippen LogP contribution is 2.41. The number of halogens is 2. The van der Waals surface area contributed by atoms with Crippen LogP contribution in [0, 0.1) is 12.7 Å². The number of Topliss-reactive ketones (excluding diaryl/α,β-unsaturated/α-hetero) is 1. The summed E-state index contributed by atoms with van der Waals surface area (Å²) in [5, 5.41) is 42.0. The molecule has 0 radical (unpaired) electrons. The number of carbonyl (C=O) groups is 5. The van der Waals surface area contributed by atoms with E-state index in [2.05, 4.69) is 5.32 Å². The molecule has 1 unspecified atom stereocenters. The van der Waals surface area contributed by atoms with E-state index < -0.39 is 82.9 Å². The van der Waals surface area contributed by atoms with Crippen LogP contribution in [0.3, 0.4) is 0 Å². The zero-order chi connectivity index (χ0) is 31.0. The largest absolute Gasteiger partial charge is 0.535 e. The number of likely N-dealkylation sites (N-methyl/N-ethyl adjacent to an activating group) is 1. The van der Waals surface area contributed by atoms with E-state index >= 15 is 0 Å². The molecule has 0 aromatic heterocycles. The molecule has 2 heterocycles. The minimum Gasteiger partial charge on any atom is -0.535 e. The predicted octanol–water partition coefficient (Wildman–Crippen LogP) is 1.78. The molecule has 42 heavy (non-hydrogen) atoms. The van der Waals surface area contributed by atoms with Gasteiger partial charge in [-0.25, -0.2) is 14.0 Å². The van der Waals surface area contributed by atoms with E-state index in [4.69, 9.17) is 16.3 Å². The normalized spacial score (nSPS) is 17.5. The first-order valence-corrected chi connectivity index (χ1v) is 13.2. The summed E-state index contributed by atoms with van der Waals surface area (Å²) in [5.74, 6) is -7.81. The molecule has 1 fully saturated rings. The number of nitrogens with one attached hydrogen (secondary N) is 1. The maximum Gasteiger partial charge on any atom is 0.526 e. The average molecular weight is 606 g/mol. The molecule has 4 amide bonds. The van der Waals surface area contributed by atoms with Crippen LogP contribution in [0.1, 0.15) is 46.4 Å². The van der Waals surface area contributed by atoms with Crippen molar-refractivity contribution in [2.45, 2.75) is 38.5 Å². The molecule has 1 saturated heterocycles. The minimum atomic E-state index is -1.70. The molecule has 0 aliphatic carbocycles. The molecule has 4 rings (SSSR count). The smallest absolute Gasteiger partial charge is 0.526 e. The van der Waals surface area contributed by atoms with Crippen molar-refractivity contribution >= 4 is 48.3 Å². The monoisotopic (exact) mass is 605 g/mol. The van der Waals surface area contributed by atoms with Crippen LogP contribution in [0.5, 0.6) is 17.2 Å². The molecule has 2 aromatic rings. The maximum atomic E-state index is 14.5. The van der Waals surface area contributed by atoms with E-state index in [1.165, 1.54) is 11.8 Å². The third-order valence-electron chi connectivity index (χ3n) is 7.32. The van der Waals surface area contributed by atoms with Gasteiger partial charge in [0, 0.05) is 43.0 Å². The zero-order valence-electron chi connectivity index (χ0n) is 22.4. The topological polar surface area (TPSA) is 194 Å². The maximum absolute atomic E-state index is 14.5. The van der Waals surface area contributed by atoms with Crippen molar-refractivity contribution in [1.29, 1.82) is 0 Å². The summed E-state index contributed by atoms with van der Waals surface area (Å²) in [6, 6.07) is 0.461. The van der Waals surface area contributed by atoms with Crippen LogP contribution in [-0.4, -0.2) is 86.5 Å². The molecule has 13 nitrogen and oxygen atoms in total. The first-order chi connectivity index (χ1) is 19.8. The number of imide groups is 1. The summed E-state index contributed by atoms with van der Waals surface area (Å²) >= 11 is 6.19. The fourth-order valence-corrected chi connectivity index (χ4v) is 5.24. The van der Waals surface area contributed by atoms with Crippen LogP contribution in [-0.2, 0) is 20.8 Å². The van der Waals surface area contributed by atoms with E-state index in [-0.39, 0.29) is 48.5 Å². The van der Waals surface area contributed by atoms with Gasteiger partial charge in [-0.1, -0.05) is 17.7 Å². The number of rotatable bonds is 7. The van der Waals surface area contributed by atoms with Crippen LogP contribution in [0.25, 0.3) is 0 Å². The van der Waals surface area contributed by atoms with Gasteiger partial charge in [-0.15, -0.1) is 0 Å². The molecular formula is C26H26BClFN3O10. The molecule has 16 heteroatoms. The van der Waals surface area contributed by atoms with Crippen molar-refractivity contribution in [2.24, 2.45) is 0 Å². The number of benzene rings is 2. The average Bonchev–Trinajstić information content (AvgIpc) is 2.93. The summed E-state index contributed by atoms with van der Waals surface area (Å²) in [7, 11) is -1.70. The highest BCUT2D eigenvalue weighted by molar-refractivity contribution is 6.47. The molecule has 0 spiro atoms. The molecule has 2 aliphatic heterocycles. The number of aromatic hydroxyl groups is 2. The molecule has 222 valence electrons. The Balaban J connectivity index is 1.64. The number of hydrogen-bond acceptors (Lipinski definition) is 9. The number of amides is 4. The van der Waals surface area contributed by atoms with Gasteiger partial charge in [0.25, 0.3) is 0 Å². The van der Waals surface area contributed by atoms with E-state index in [0.717, 1.165) is 18.2 Å². The second-order valence-electron chi connectivity index (χ2n) is 9.86. The quantitative estimate of drug-likeness (QED) is 0.176. The number of carbonyl (C=O) groups excluding carboxylic acids is 4. The summed E-state index contributed by atoms with van der Waals surface area (Å²) in [4.78, 5) is 65.2. The highest BCUT2D eigenvalue weighted by Gasteiger charge is 2.42. The van der Waals surface area contributed by atoms with Crippen LogP contribution in [0.2, 0.25) is 10.8 Å². The van der Waals surface area contributed by atoms with E-state index in [0.29, 0.717) is 4.90 Å². The molecule has 5 N–H and O–H groups in total. The first kappa shape index (κ1) is 30.6. The Morgan fingerprint density at radius 3 is 2.55 bits per heavy atom. The first-order valence-electron chi connectivity index (χ1n) is 12.8. The number of piperazine rings is 1. The number of carboxylic acid groups (broad SMARTS) is 1. The van der Waals surface area contributed by atoms with Gasteiger partial charge in [-0.05, 0) is 38.0 Å². The Morgan fingerprint density at radius 1 is 1.21 bits per heavy atom. The lowest BCUT2D eigenvalue weighted by atomic mass is 9.64. The number of fused-ring (bicyclic) bond motifs is 1. The molecule has 2 aliphatic rings. The Morgan fingerprint density at radius 2 is 1.90 bits per heavy atom. The van der Waals surface area contributed by atoms with Gasteiger partial charge in [0.2, 0.25) is 0 Å². The summed E-state index contributed by atoms with van der Waals surface area (Å²) in [5.41, 5.74) is -0.733. The highest BCUT2D eigenvalue weighted by atomic mass is 35.5. The van der Waals surface area contributed by atoms with Gasteiger partial charge in [0.15, 0.2) is 17.3 Å². The number of aromatic carboxylic acids is 1. The number of urea groups is 1. The Labute approximate surface area is 243 Å². The Kier molecular flexibility index (Phi) is 8.64. The lowest BCUT2D eigenvalue weighted by Crippen LogP contribution is -2.58. The van der Waals surface area contributed by atoms with Gasteiger partial charge in [0.05, 0.1) is 5.02 Å². The lowest BCUT2D eigenvalue weighted by molar-refractivity contribution is -0.153. The standard InChI is InChI=1S/C26H26BClFN3O10/c1-3-31-6-7-32(24(37)23(31)36)26(40)30-20(14-4-5-16(33)21(35)19(14)28)17(34)10-13-8-12-9-15(29)11(2)18(25(38)39)22(12)42-27(13)41/h4-5,9,13,20,33,35,41H,3,6-8,10H2,1-2H3,(H,30,40)(H,38,39)/t13-,20?/m1/s1. The van der Waals surface area contributed by atoms with Gasteiger partial charge in [0.1, 0.15) is 23.2 Å². The Hall–Kier alpha value is -4.37. The van der Waals surface area contributed by atoms with Gasteiger partial charge >= 0.3 is 30.9 Å². The number of phenols is 2. The molecule has 2 atom stereocenters. The van der Waals surface area contributed by atoms with Gasteiger partial charge < -0.3 is 35.2 Å². The van der Waals surface area contributed by atoms with Crippen LogP contribution >= 0.6 is 11.6 Å². The van der Waals surface area contributed by atoms with Crippen molar-refractivity contribution in [3.8, 4) is 17.2 Å². The number of hydrogen-bond donors (Lipinski definition) is 5. The van der Waals surface area contributed by atoms with E-state index in [1.54, 1.807) is 6.92 Å². The Bertz CT molecular complexity index is 1510. The van der Waals surface area contributed by atoms with Crippen LogP contribution < -0.4 is 9.97 Å². The fraction of sp³-hybridized carbons (Fsp3) is 0.346.